The normalized spacial score (nSPS) is 15.4. The number of pyridine rings is 2. The zero-order valence-corrected chi connectivity index (χ0v) is 17.2. The number of aromatic nitrogens is 4. The number of fused-ring (bicyclic) bond motifs is 3. The highest BCUT2D eigenvalue weighted by molar-refractivity contribution is 6.16. The predicted octanol–water partition coefficient (Wildman–Crippen LogP) is 3.11. The van der Waals surface area contributed by atoms with Gasteiger partial charge in [0.2, 0.25) is 0 Å². The summed E-state index contributed by atoms with van der Waals surface area (Å²) in [7, 11) is 4.21. The number of likely N-dealkylation sites (tertiary alicyclic amines) is 1. The highest BCUT2D eigenvalue weighted by Gasteiger charge is 2.29. The van der Waals surface area contributed by atoms with E-state index in [-0.39, 0.29) is 5.91 Å². The lowest BCUT2D eigenvalue weighted by Crippen LogP contribution is -2.44. The Morgan fingerprint density at radius 3 is 2.67 bits per heavy atom. The molecule has 152 valence electrons. The summed E-state index contributed by atoms with van der Waals surface area (Å²) in [5, 5.41) is 0.788. The van der Waals surface area contributed by atoms with Crippen LogP contribution in [-0.2, 0) is 0 Å². The van der Waals surface area contributed by atoms with Gasteiger partial charge in [-0.3, -0.25) is 9.78 Å². The maximum Gasteiger partial charge on any atom is 0.256 e. The molecule has 0 N–H and O–H groups in total. The van der Waals surface area contributed by atoms with Crippen LogP contribution >= 0.6 is 0 Å². The van der Waals surface area contributed by atoms with Crippen molar-refractivity contribution < 1.29 is 4.79 Å². The van der Waals surface area contributed by atoms with Gasteiger partial charge in [0.1, 0.15) is 12.0 Å². The molecule has 5 rings (SSSR count). The Labute approximate surface area is 175 Å². The second kappa shape index (κ2) is 7.50. The summed E-state index contributed by atoms with van der Waals surface area (Å²) < 4.78 is 1.98. The van der Waals surface area contributed by atoms with Gasteiger partial charge in [0.25, 0.3) is 5.91 Å². The van der Waals surface area contributed by atoms with Crippen LogP contribution in [0.5, 0.6) is 0 Å². The molecule has 0 spiro atoms. The Kier molecular flexibility index (Phi) is 4.67. The lowest BCUT2D eigenvalue weighted by molar-refractivity contribution is 0.0667. The maximum atomic E-state index is 13.8. The van der Waals surface area contributed by atoms with Crippen molar-refractivity contribution in [2.24, 2.45) is 0 Å². The fourth-order valence-corrected chi connectivity index (χ4v) is 4.43. The number of carbonyl (C=O) groups excluding carboxylic acids is 1. The molecule has 1 saturated heterocycles. The van der Waals surface area contributed by atoms with E-state index >= 15 is 0 Å². The first kappa shape index (κ1) is 18.7. The molecule has 0 aliphatic carbocycles. The third-order valence-electron chi connectivity index (χ3n) is 6.05. The summed E-state index contributed by atoms with van der Waals surface area (Å²) in [4.78, 5) is 31.3. The molecular weight excluding hydrogens is 376 g/mol. The first-order chi connectivity index (χ1) is 14.6. The van der Waals surface area contributed by atoms with Crippen molar-refractivity contribution in [3.05, 3.63) is 60.8 Å². The zero-order chi connectivity index (χ0) is 20.7. The van der Waals surface area contributed by atoms with Crippen LogP contribution in [0.2, 0.25) is 0 Å². The van der Waals surface area contributed by atoms with Gasteiger partial charge in [0.15, 0.2) is 0 Å². The fourth-order valence-electron chi connectivity index (χ4n) is 4.43. The zero-order valence-electron chi connectivity index (χ0n) is 17.2. The monoisotopic (exact) mass is 400 g/mol. The Balaban J connectivity index is 1.68. The Morgan fingerprint density at radius 1 is 1.10 bits per heavy atom. The summed E-state index contributed by atoms with van der Waals surface area (Å²) in [5.74, 6) is 0.0471. The van der Waals surface area contributed by atoms with E-state index in [9.17, 15) is 4.79 Å². The van der Waals surface area contributed by atoms with Crippen LogP contribution in [0.3, 0.4) is 0 Å². The molecular formula is C23H24N6O. The summed E-state index contributed by atoms with van der Waals surface area (Å²) >= 11 is 0. The quantitative estimate of drug-likeness (QED) is 0.529. The van der Waals surface area contributed by atoms with Gasteiger partial charge >= 0.3 is 0 Å². The largest absolute Gasteiger partial charge is 0.338 e. The van der Waals surface area contributed by atoms with E-state index in [0.717, 1.165) is 53.7 Å². The van der Waals surface area contributed by atoms with E-state index in [1.807, 2.05) is 45.8 Å². The van der Waals surface area contributed by atoms with Crippen LogP contribution in [0.1, 0.15) is 23.2 Å². The molecule has 7 nitrogen and oxygen atoms in total. The highest BCUT2D eigenvalue weighted by atomic mass is 16.2. The third kappa shape index (κ3) is 3.02. The lowest BCUT2D eigenvalue weighted by Gasteiger charge is -2.35. The molecule has 30 heavy (non-hydrogen) atoms. The molecule has 0 unspecified atom stereocenters. The Bertz CT molecular complexity index is 1210. The van der Waals surface area contributed by atoms with Crippen molar-refractivity contribution in [3.8, 4) is 11.3 Å². The second-order valence-electron chi connectivity index (χ2n) is 7.98. The van der Waals surface area contributed by atoms with Crippen molar-refractivity contribution in [3.63, 3.8) is 0 Å². The topological polar surface area (TPSA) is 66.6 Å². The molecule has 1 aliphatic rings. The molecule has 7 heteroatoms. The highest BCUT2D eigenvalue weighted by Crippen LogP contribution is 2.33. The van der Waals surface area contributed by atoms with Crippen LogP contribution in [0.25, 0.3) is 27.8 Å². The standard InChI is InChI=1S/C23H24N6O/c1-27(2)17-8-12-28(13-9-17)23(30)19-18-7-3-4-11-29(18)22-20(19)21(25-15-26-22)16-6-5-10-24-14-16/h3-7,10-11,14-15,17H,8-9,12-13H2,1-2H3. The number of rotatable bonds is 3. The van der Waals surface area contributed by atoms with Crippen molar-refractivity contribution in [2.45, 2.75) is 18.9 Å². The van der Waals surface area contributed by atoms with Crippen molar-refractivity contribution in [1.82, 2.24) is 29.2 Å². The number of carbonyl (C=O) groups is 1. The summed E-state index contributed by atoms with van der Waals surface area (Å²) in [6.07, 6.45) is 8.98. The van der Waals surface area contributed by atoms with Gasteiger partial charge in [-0.25, -0.2) is 9.97 Å². The minimum atomic E-state index is 0.0471. The van der Waals surface area contributed by atoms with Gasteiger partial charge in [-0.1, -0.05) is 6.07 Å². The van der Waals surface area contributed by atoms with Crippen LogP contribution < -0.4 is 0 Å². The van der Waals surface area contributed by atoms with E-state index in [1.165, 1.54) is 0 Å². The smallest absolute Gasteiger partial charge is 0.256 e. The van der Waals surface area contributed by atoms with Gasteiger partial charge in [-0.15, -0.1) is 0 Å². The predicted molar refractivity (Wildman–Crippen MR) is 116 cm³/mol. The summed E-state index contributed by atoms with van der Waals surface area (Å²) in [5.41, 5.74) is 3.89. The van der Waals surface area contributed by atoms with Gasteiger partial charge in [-0.05, 0) is 51.2 Å². The van der Waals surface area contributed by atoms with E-state index in [0.29, 0.717) is 11.6 Å². The van der Waals surface area contributed by atoms with E-state index in [2.05, 4.69) is 33.9 Å². The Morgan fingerprint density at radius 2 is 1.93 bits per heavy atom. The molecule has 1 fully saturated rings. The number of hydrogen-bond acceptors (Lipinski definition) is 5. The van der Waals surface area contributed by atoms with E-state index < -0.39 is 0 Å². The van der Waals surface area contributed by atoms with Crippen LogP contribution in [0.15, 0.2) is 55.2 Å². The van der Waals surface area contributed by atoms with Crippen LogP contribution in [0, 0.1) is 0 Å². The van der Waals surface area contributed by atoms with Crippen LogP contribution in [-0.4, -0.2) is 68.3 Å². The third-order valence-corrected chi connectivity index (χ3v) is 6.05. The maximum absolute atomic E-state index is 13.8. The van der Waals surface area contributed by atoms with E-state index in [4.69, 9.17) is 0 Å². The minimum absolute atomic E-state index is 0.0471. The van der Waals surface area contributed by atoms with Crippen molar-refractivity contribution in [1.29, 1.82) is 0 Å². The van der Waals surface area contributed by atoms with Crippen molar-refractivity contribution >= 4 is 22.5 Å². The summed E-state index contributed by atoms with van der Waals surface area (Å²) in [6, 6.07) is 10.3. The molecule has 1 aliphatic heterocycles. The molecule has 0 aromatic carbocycles. The van der Waals surface area contributed by atoms with Gasteiger partial charge in [-0.2, -0.15) is 0 Å². The average molecular weight is 400 g/mol. The van der Waals surface area contributed by atoms with Gasteiger partial charge in [0.05, 0.1) is 22.2 Å². The lowest BCUT2D eigenvalue weighted by atomic mass is 10.0. The van der Waals surface area contributed by atoms with Gasteiger partial charge < -0.3 is 14.2 Å². The number of nitrogens with zero attached hydrogens (tertiary/aromatic N) is 6. The molecule has 4 aromatic rings. The molecule has 0 saturated carbocycles. The molecule has 0 atom stereocenters. The molecule has 0 radical (unpaired) electrons. The first-order valence-corrected chi connectivity index (χ1v) is 10.2. The average Bonchev–Trinajstić information content (AvgIpc) is 3.14. The van der Waals surface area contributed by atoms with Crippen molar-refractivity contribution in [2.75, 3.05) is 27.2 Å². The molecule has 1 amide bonds. The minimum Gasteiger partial charge on any atom is -0.338 e. The SMILES string of the molecule is CN(C)C1CCN(C(=O)c2c3c(-c4cccnc4)ncnc3n3ccccc23)CC1. The second-order valence-corrected chi connectivity index (χ2v) is 7.98. The Hall–Kier alpha value is -3.32. The molecule has 4 aromatic heterocycles. The van der Waals surface area contributed by atoms with E-state index in [1.54, 1.807) is 18.7 Å². The summed E-state index contributed by atoms with van der Waals surface area (Å²) in [6.45, 7) is 1.51. The molecule has 5 heterocycles. The van der Waals surface area contributed by atoms with Crippen LogP contribution in [0.4, 0.5) is 0 Å². The number of hydrogen-bond donors (Lipinski definition) is 0. The molecule has 0 bridgehead atoms. The fraction of sp³-hybridized carbons (Fsp3) is 0.304. The first-order valence-electron chi connectivity index (χ1n) is 10.2. The number of piperidine rings is 1. The van der Waals surface area contributed by atoms with Gasteiger partial charge in [0, 0.05) is 43.3 Å². The number of amides is 1.